The van der Waals surface area contributed by atoms with Crippen LogP contribution < -0.4 is 9.47 Å². The van der Waals surface area contributed by atoms with Crippen molar-refractivity contribution in [1.29, 1.82) is 0 Å². The summed E-state index contributed by atoms with van der Waals surface area (Å²) >= 11 is 10.1. The molecule has 0 radical (unpaired) electrons. The summed E-state index contributed by atoms with van der Waals surface area (Å²) in [4.78, 5) is 0. The summed E-state index contributed by atoms with van der Waals surface area (Å²) in [5.41, 5.74) is 1.10. The third-order valence-electron chi connectivity index (χ3n) is 3.31. The van der Waals surface area contributed by atoms with E-state index in [1.165, 1.54) is 25.7 Å². The van der Waals surface area contributed by atoms with Crippen LogP contribution in [0.1, 0.15) is 50.0 Å². The molecule has 0 saturated carbocycles. The van der Waals surface area contributed by atoms with Crippen molar-refractivity contribution in [3.8, 4) is 11.5 Å². The monoisotopic (exact) mass is 346 g/mol. The molecule has 1 heterocycles. The van der Waals surface area contributed by atoms with Crippen molar-refractivity contribution in [2.75, 3.05) is 13.2 Å². The fourth-order valence-corrected chi connectivity index (χ4v) is 3.29. The summed E-state index contributed by atoms with van der Waals surface area (Å²) in [6.07, 6.45) is 5.96. The number of hydrogen-bond acceptors (Lipinski definition) is 2. The second-order valence-corrected chi connectivity index (χ2v) is 6.22. The summed E-state index contributed by atoms with van der Waals surface area (Å²) < 4.78 is 12.2. The van der Waals surface area contributed by atoms with Crippen LogP contribution in [0.15, 0.2) is 16.6 Å². The number of fused-ring (bicyclic) bond motifs is 1. The van der Waals surface area contributed by atoms with Crippen molar-refractivity contribution in [2.24, 2.45) is 0 Å². The molecule has 1 aliphatic heterocycles. The fraction of sp³-hybridized carbons (Fsp3) is 0.600. The van der Waals surface area contributed by atoms with E-state index in [2.05, 4.69) is 22.9 Å². The van der Waals surface area contributed by atoms with Crippen LogP contribution in [-0.4, -0.2) is 13.2 Å². The number of alkyl halides is 1. The van der Waals surface area contributed by atoms with E-state index in [0.717, 1.165) is 28.0 Å². The molecule has 1 atom stereocenters. The molecule has 0 bridgehead atoms. The molecular weight excluding hydrogens is 328 g/mol. The van der Waals surface area contributed by atoms with E-state index in [0.29, 0.717) is 13.2 Å². The van der Waals surface area contributed by atoms with Crippen LogP contribution >= 0.6 is 27.5 Å². The molecule has 2 nitrogen and oxygen atoms in total. The molecule has 0 aromatic heterocycles. The minimum atomic E-state index is 0.0297. The lowest BCUT2D eigenvalue weighted by Gasteiger charge is -2.21. The minimum Gasteiger partial charge on any atom is -0.486 e. The highest BCUT2D eigenvalue weighted by molar-refractivity contribution is 9.10. The standard InChI is InChI=1S/C15H20BrClO2/c1-2-3-4-5-6-13(17)11-9-14-15(10-12(11)16)19-8-7-18-14/h9-10,13H,2-8H2,1H3. The van der Waals surface area contributed by atoms with Gasteiger partial charge in [0, 0.05) is 4.47 Å². The molecule has 1 aliphatic rings. The zero-order chi connectivity index (χ0) is 13.7. The molecular formula is C15H20BrClO2. The average molecular weight is 348 g/mol. The quantitative estimate of drug-likeness (QED) is 0.502. The molecule has 4 heteroatoms. The maximum Gasteiger partial charge on any atom is 0.162 e. The molecule has 0 fully saturated rings. The molecule has 0 saturated heterocycles. The highest BCUT2D eigenvalue weighted by Gasteiger charge is 2.18. The van der Waals surface area contributed by atoms with Crippen molar-refractivity contribution in [2.45, 2.75) is 44.4 Å². The van der Waals surface area contributed by atoms with Gasteiger partial charge in [0.25, 0.3) is 0 Å². The summed E-state index contributed by atoms with van der Waals surface area (Å²) in [5.74, 6) is 1.61. The van der Waals surface area contributed by atoms with Crippen molar-refractivity contribution >= 4 is 27.5 Å². The van der Waals surface area contributed by atoms with E-state index in [4.69, 9.17) is 21.1 Å². The first-order valence-electron chi connectivity index (χ1n) is 6.95. The predicted octanol–water partition coefficient (Wildman–Crippen LogP) is 5.47. The third-order valence-corrected chi connectivity index (χ3v) is 4.45. The lowest BCUT2D eigenvalue weighted by Crippen LogP contribution is -2.15. The largest absolute Gasteiger partial charge is 0.486 e. The Morgan fingerprint density at radius 2 is 1.84 bits per heavy atom. The zero-order valence-corrected chi connectivity index (χ0v) is 13.6. The van der Waals surface area contributed by atoms with Crippen LogP contribution in [0.4, 0.5) is 0 Å². The van der Waals surface area contributed by atoms with Gasteiger partial charge in [0.2, 0.25) is 0 Å². The Labute approximate surface area is 128 Å². The summed E-state index contributed by atoms with van der Waals surface area (Å²) in [5, 5.41) is 0.0297. The molecule has 0 amide bonds. The van der Waals surface area contributed by atoms with Crippen LogP contribution in [0.5, 0.6) is 11.5 Å². The first kappa shape index (κ1) is 15.0. The molecule has 1 aromatic carbocycles. The Hall–Kier alpha value is -0.410. The first-order valence-corrected chi connectivity index (χ1v) is 8.18. The molecule has 0 aliphatic carbocycles. The van der Waals surface area contributed by atoms with Gasteiger partial charge in [-0.05, 0) is 24.1 Å². The van der Waals surface area contributed by atoms with Gasteiger partial charge in [0.15, 0.2) is 11.5 Å². The Morgan fingerprint density at radius 1 is 1.16 bits per heavy atom. The van der Waals surface area contributed by atoms with E-state index in [1.807, 2.05) is 12.1 Å². The molecule has 0 spiro atoms. The SMILES string of the molecule is CCCCCCC(Cl)c1cc2c(cc1Br)OCCO2. The van der Waals surface area contributed by atoms with E-state index in [1.54, 1.807) is 0 Å². The van der Waals surface area contributed by atoms with Crippen LogP contribution in [0.25, 0.3) is 0 Å². The van der Waals surface area contributed by atoms with E-state index < -0.39 is 0 Å². The summed E-state index contributed by atoms with van der Waals surface area (Å²) in [6.45, 7) is 3.44. The van der Waals surface area contributed by atoms with Gasteiger partial charge in [-0.3, -0.25) is 0 Å². The Balaban J connectivity index is 2.02. The van der Waals surface area contributed by atoms with Crippen molar-refractivity contribution in [1.82, 2.24) is 0 Å². The van der Waals surface area contributed by atoms with Gasteiger partial charge in [-0.1, -0.05) is 48.5 Å². The lowest BCUT2D eigenvalue weighted by molar-refractivity contribution is 0.171. The molecule has 19 heavy (non-hydrogen) atoms. The van der Waals surface area contributed by atoms with Gasteiger partial charge in [-0.2, -0.15) is 0 Å². The summed E-state index contributed by atoms with van der Waals surface area (Å²) in [7, 11) is 0. The number of hydrogen-bond donors (Lipinski definition) is 0. The summed E-state index contributed by atoms with van der Waals surface area (Å²) in [6, 6.07) is 3.97. The Morgan fingerprint density at radius 3 is 2.53 bits per heavy atom. The van der Waals surface area contributed by atoms with Gasteiger partial charge in [0.05, 0.1) is 5.38 Å². The van der Waals surface area contributed by atoms with Gasteiger partial charge in [0.1, 0.15) is 13.2 Å². The lowest BCUT2D eigenvalue weighted by atomic mass is 10.0. The maximum atomic E-state index is 6.51. The topological polar surface area (TPSA) is 18.5 Å². The molecule has 106 valence electrons. The highest BCUT2D eigenvalue weighted by Crippen LogP contribution is 2.40. The number of rotatable bonds is 6. The van der Waals surface area contributed by atoms with Crippen molar-refractivity contribution in [3.05, 3.63) is 22.2 Å². The molecule has 0 N–H and O–H groups in total. The van der Waals surface area contributed by atoms with Gasteiger partial charge in [-0.25, -0.2) is 0 Å². The molecule has 2 rings (SSSR count). The number of ether oxygens (including phenoxy) is 2. The van der Waals surface area contributed by atoms with Crippen LogP contribution in [0, 0.1) is 0 Å². The van der Waals surface area contributed by atoms with Crippen LogP contribution in [0.3, 0.4) is 0 Å². The van der Waals surface area contributed by atoms with E-state index in [-0.39, 0.29) is 5.38 Å². The van der Waals surface area contributed by atoms with Gasteiger partial charge < -0.3 is 9.47 Å². The second-order valence-electron chi connectivity index (χ2n) is 4.83. The molecule has 1 aromatic rings. The van der Waals surface area contributed by atoms with E-state index in [9.17, 15) is 0 Å². The molecule has 1 unspecified atom stereocenters. The number of benzene rings is 1. The number of halogens is 2. The average Bonchev–Trinajstić information content (AvgIpc) is 2.42. The minimum absolute atomic E-state index is 0.0297. The van der Waals surface area contributed by atoms with Gasteiger partial charge >= 0.3 is 0 Å². The maximum absolute atomic E-state index is 6.51. The second kappa shape index (κ2) is 7.39. The van der Waals surface area contributed by atoms with Crippen LogP contribution in [0.2, 0.25) is 0 Å². The van der Waals surface area contributed by atoms with E-state index >= 15 is 0 Å². The first-order chi connectivity index (χ1) is 9.22. The highest BCUT2D eigenvalue weighted by atomic mass is 79.9. The fourth-order valence-electron chi connectivity index (χ4n) is 2.23. The van der Waals surface area contributed by atoms with Crippen LogP contribution in [-0.2, 0) is 0 Å². The number of unbranched alkanes of at least 4 members (excludes halogenated alkanes) is 3. The zero-order valence-electron chi connectivity index (χ0n) is 11.3. The Bertz CT molecular complexity index is 423. The predicted molar refractivity (Wildman–Crippen MR) is 82.5 cm³/mol. The smallest absolute Gasteiger partial charge is 0.162 e. The third kappa shape index (κ3) is 4.03. The Kier molecular flexibility index (Phi) is 5.83. The van der Waals surface area contributed by atoms with Crippen molar-refractivity contribution in [3.63, 3.8) is 0 Å². The van der Waals surface area contributed by atoms with Gasteiger partial charge in [-0.15, -0.1) is 11.6 Å². The van der Waals surface area contributed by atoms with Crippen molar-refractivity contribution < 1.29 is 9.47 Å². The normalized spacial score (nSPS) is 15.3.